The van der Waals surface area contributed by atoms with Crippen molar-refractivity contribution in [3.05, 3.63) is 29.8 Å². The number of hydrogen-bond acceptors (Lipinski definition) is 4. The zero-order chi connectivity index (χ0) is 18.1. The first-order valence-electron chi connectivity index (χ1n) is 8.95. The molecule has 1 fully saturated rings. The normalized spacial score (nSPS) is 15.2. The maximum atomic E-state index is 11.1. The van der Waals surface area contributed by atoms with Crippen molar-refractivity contribution >= 4 is 11.9 Å². The van der Waals surface area contributed by atoms with Crippen LogP contribution in [0.1, 0.15) is 37.7 Å². The smallest absolute Gasteiger partial charge is 0.318 e. The lowest BCUT2D eigenvalue weighted by Crippen LogP contribution is -2.27. The molecule has 0 atom stereocenters. The molecule has 0 bridgehead atoms. The van der Waals surface area contributed by atoms with Crippen LogP contribution in [0.5, 0.6) is 5.75 Å². The topological polar surface area (TPSA) is 95.9 Å². The molecule has 2 rings (SSSR count). The second kappa shape index (κ2) is 10.0. The summed E-state index contributed by atoms with van der Waals surface area (Å²) in [6.45, 7) is 2.79. The van der Waals surface area contributed by atoms with Gasteiger partial charge in [0.1, 0.15) is 5.75 Å². The SMILES string of the molecule is O=C(O)C(Cc1ccccc1OCCCCC1CCNCC1)C(=O)O. The van der Waals surface area contributed by atoms with Gasteiger partial charge >= 0.3 is 11.9 Å². The Morgan fingerprint density at radius 1 is 1.12 bits per heavy atom. The zero-order valence-corrected chi connectivity index (χ0v) is 14.4. The number of carboxylic acid groups (broad SMARTS) is 2. The second-order valence-corrected chi connectivity index (χ2v) is 6.58. The van der Waals surface area contributed by atoms with Crippen LogP contribution in [0.3, 0.4) is 0 Å². The third-order valence-electron chi connectivity index (χ3n) is 4.72. The van der Waals surface area contributed by atoms with Crippen LogP contribution in [0.4, 0.5) is 0 Å². The van der Waals surface area contributed by atoms with Crippen molar-refractivity contribution in [2.45, 2.75) is 38.5 Å². The molecule has 138 valence electrons. The van der Waals surface area contributed by atoms with Crippen molar-refractivity contribution < 1.29 is 24.5 Å². The Bertz CT molecular complexity index is 555. The van der Waals surface area contributed by atoms with E-state index in [0.717, 1.165) is 31.8 Å². The zero-order valence-electron chi connectivity index (χ0n) is 14.4. The highest BCUT2D eigenvalue weighted by atomic mass is 16.5. The lowest BCUT2D eigenvalue weighted by molar-refractivity contribution is -0.154. The van der Waals surface area contributed by atoms with Gasteiger partial charge in [-0.3, -0.25) is 9.59 Å². The van der Waals surface area contributed by atoms with E-state index in [-0.39, 0.29) is 6.42 Å². The molecular formula is C19H27NO5. The summed E-state index contributed by atoms with van der Waals surface area (Å²) in [5.74, 6) is -2.73. The van der Waals surface area contributed by atoms with Crippen molar-refractivity contribution in [1.82, 2.24) is 5.32 Å². The molecule has 0 spiro atoms. The van der Waals surface area contributed by atoms with E-state index in [1.54, 1.807) is 18.2 Å². The Labute approximate surface area is 148 Å². The van der Waals surface area contributed by atoms with E-state index in [0.29, 0.717) is 17.9 Å². The number of hydrogen-bond donors (Lipinski definition) is 3. The van der Waals surface area contributed by atoms with Crippen LogP contribution in [0.2, 0.25) is 0 Å². The van der Waals surface area contributed by atoms with E-state index < -0.39 is 17.9 Å². The number of benzene rings is 1. The Morgan fingerprint density at radius 3 is 2.48 bits per heavy atom. The maximum Gasteiger partial charge on any atom is 0.318 e. The van der Waals surface area contributed by atoms with Crippen molar-refractivity contribution in [3.8, 4) is 5.75 Å². The van der Waals surface area contributed by atoms with Crippen LogP contribution in [0.25, 0.3) is 0 Å². The predicted octanol–water partition coefficient (Wildman–Crippen LogP) is 2.56. The minimum Gasteiger partial charge on any atom is -0.493 e. The lowest BCUT2D eigenvalue weighted by atomic mass is 9.93. The van der Waals surface area contributed by atoms with Gasteiger partial charge in [-0.25, -0.2) is 0 Å². The molecule has 1 heterocycles. The fourth-order valence-corrected chi connectivity index (χ4v) is 3.20. The van der Waals surface area contributed by atoms with Gasteiger partial charge in [0.25, 0.3) is 0 Å². The maximum absolute atomic E-state index is 11.1. The van der Waals surface area contributed by atoms with Crippen molar-refractivity contribution in [2.24, 2.45) is 11.8 Å². The van der Waals surface area contributed by atoms with E-state index in [1.165, 1.54) is 19.3 Å². The number of piperidine rings is 1. The van der Waals surface area contributed by atoms with Crippen LogP contribution in [-0.2, 0) is 16.0 Å². The molecule has 1 aliphatic rings. The molecule has 1 aromatic rings. The van der Waals surface area contributed by atoms with Gasteiger partial charge in [-0.05, 0) is 62.7 Å². The Hall–Kier alpha value is -2.08. The monoisotopic (exact) mass is 349 g/mol. The standard InChI is InChI=1S/C19H27NO5/c21-18(22)16(19(23)24)13-15-6-1-2-7-17(15)25-12-4-3-5-14-8-10-20-11-9-14/h1-2,6-7,14,16,20H,3-5,8-13H2,(H,21,22)(H,23,24). The van der Waals surface area contributed by atoms with Crippen LogP contribution in [0.15, 0.2) is 24.3 Å². The Morgan fingerprint density at radius 2 is 1.80 bits per heavy atom. The fourth-order valence-electron chi connectivity index (χ4n) is 3.20. The number of ether oxygens (including phenoxy) is 1. The minimum absolute atomic E-state index is 0.0735. The van der Waals surface area contributed by atoms with Gasteiger partial charge in [-0.15, -0.1) is 0 Å². The van der Waals surface area contributed by atoms with Gasteiger partial charge in [0.2, 0.25) is 0 Å². The largest absolute Gasteiger partial charge is 0.493 e. The van der Waals surface area contributed by atoms with E-state index in [2.05, 4.69) is 5.32 Å². The van der Waals surface area contributed by atoms with Gasteiger partial charge in [0.05, 0.1) is 6.61 Å². The third-order valence-corrected chi connectivity index (χ3v) is 4.72. The summed E-state index contributed by atoms with van der Waals surface area (Å²) < 4.78 is 5.79. The first kappa shape index (κ1) is 19.2. The van der Waals surface area contributed by atoms with Crippen LogP contribution in [0, 0.1) is 11.8 Å². The third kappa shape index (κ3) is 6.38. The first-order chi connectivity index (χ1) is 12.1. The molecule has 0 saturated carbocycles. The van der Waals surface area contributed by atoms with Crippen LogP contribution >= 0.6 is 0 Å². The van der Waals surface area contributed by atoms with Crippen LogP contribution in [-0.4, -0.2) is 41.8 Å². The highest BCUT2D eigenvalue weighted by Crippen LogP contribution is 2.23. The number of carboxylic acids is 2. The number of carbonyl (C=O) groups is 2. The molecule has 1 saturated heterocycles. The summed E-state index contributed by atoms with van der Waals surface area (Å²) in [7, 11) is 0. The summed E-state index contributed by atoms with van der Waals surface area (Å²) >= 11 is 0. The molecular weight excluding hydrogens is 322 g/mol. The predicted molar refractivity (Wildman–Crippen MR) is 93.8 cm³/mol. The molecule has 1 aliphatic heterocycles. The number of para-hydroxylation sites is 1. The van der Waals surface area contributed by atoms with Gasteiger partial charge in [-0.1, -0.05) is 24.6 Å². The molecule has 6 heteroatoms. The first-order valence-corrected chi connectivity index (χ1v) is 8.95. The summed E-state index contributed by atoms with van der Waals surface area (Å²) in [6, 6.07) is 7.07. The summed E-state index contributed by atoms with van der Waals surface area (Å²) in [6.07, 6.45) is 5.69. The highest BCUT2D eigenvalue weighted by molar-refractivity contribution is 5.93. The molecule has 25 heavy (non-hydrogen) atoms. The van der Waals surface area contributed by atoms with Gasteiger partial charge < -0.3 is 20.3 Å². The number of rotatable bonds is 10. The van der Waals surface area contributed by atoms with Gasteiger partial charge in [-0.2, -0.15) is 0 Å². The van der Waals surface area contributed by atoms with Gasteiger partial charge in [0.15, 0.2) is 5.92 Å². The van der Waals surface area contributed by atoms with E-state index in [9.17, 15) is 9.59 Å². The van der Waals surface area contributed by atoms with Crippen molar-refractivity contribution in [3.63, 3.8) is 0 Å². The highest BCUT2D eigenvalue weighted by Gasteiger charge is 2.27. The number of nitrogens with one attached hydrogen (secondary N) is 1. The van der Waals surface area contributed by atoms with E-state index >= 15 is 0 Å². The quantitative estimate of drug-likeness (QED) is 0.444. The number of aliphatic carboxylic acids is 2. The van der Waals surface area contributed by atoms with Gasteiger partial charge in [0, 0.05) is 0 Å². The molecule has 0 aromatic heterocycles. The molecule has 0 radical (unpaired) electrons. The van der Waals surface area contributed by atoms with E-state index in [1.807, 2.05) is 6.07 Å². The Kier molecular flexibility index (Phi) is 7.73. The van der Waals surface area contributed by atoms with Crippen molar-refractivity contribution in [1.29, 1.82) is 0 Å². The average Bonchev–Trinajstić information content (AvgIpc) is 2.60. The lowest BCUT2D eigenvalue weighted by Gasteiger charge is -2.22. The van der Waals surface area contributed by atoms with E-state index in [4.69, 9.17) is 14.9 Å². The molecule has 3 N–H and O–H groups in total. The number of unbranched alkanes of at least 4 members (excludes halogenated alkanes) is 1. The second-order valence-electron chi connectivity index (χ2n) is 6.58. The molecule has 1 aromatic carbocycles. The summed E-state index contributed by atoms with van der Waals surface area (Å²) in [5.41, 5.74) is 0.621. The fraction of sp³-hybridized carbons (Fsp3) is 0.579. The molecule has 0 unspecified atom stereocenters. The molecule has 6 nitrogen and oxygen atoms in total. The van der Waals surface area contributed by atoms with Crippen LogP contribution < -0.4 is 10.1 Å². The summed E-state index contributed by atoms with van der Waals surface area (Å²) in [4.78, 5) is 22.2. The van der Waals surface area contributed by atoms with Crippen molar-refractivity contribution in [2.75, 3.05) is 19.7 Å². The molecule has 0 aliphatic carbocycles. The Balaban J connectivity index is 1.79. The molecule has 0 amide bonds. The minimum atomic E-state index is -1.45. The average molecular weight is 349 g/mol. The summed E-state index contributed by atoms with van der Waals surface area (Å²) in [5, 5.41) is 21.4.